The van der Waals surface area contributed by atoms with Gasteiger partial charge in [-0.25, -0.2) is 0 Å². The van der Waals surface area contributed by atoms with Crippen LogP contribution in [0.15, 0.2) is 12.2 Å². The third-order valence-electron chi connectivity index (χ3n) is 4.17. The van der Waals surface area contributed by atoms with Crippen molar-refractivity contribution in [3.63, 3.8) is 0 Å². The van der Waals surface area contributed by atoms with Gasteiger partial charge >= 0.3 is 11.9 Å². The molecular formula is C21H37ClO3. The summed E-state index contributed by atoms with van der Waals surface area (Å²) in [5.41, 5.74) is 0. The Hall–Kier alpha value is -0.830. The quantitative estimate of drug-likeness (QED) is 0.0934. The highest BCUT2D eigenvalue weighted by atomic mass is 35.5. The summed E-state index contributed by atoms with van der Waals surface area (Å²) in [5, 5.41) is 0. The summed E-state index contributed by atoms with van der Waals surface area (Å²) in [6.07, 6.45) is 20.9. The molecule has 0 aliphatic carbocycles. The third kappa shape index (κ3) is 19.3. The van der Waals surface area contributed by atoms with E-state index < -0.39 is 11.9 Å². The van der Waals surface area contributed by atoms with E-state index in [2.05, 4.69) is 23.8 Å². The summed E-state index contributed by atoms with van der Waals surface area (Å²) in [5.74, 6) is -0.750. The van der Waals surface area contributed by atoms with Crippen LogP contribution in [-0.2, 0) is 14.3 Å². The van der Waals surface area contributed by atoms with Crippen molar-refractivity contribution >= 4 is 23.5 Å². The van der Waals surface area contributed by atoms with Gasteiger partial charge in [-0.1, -0.05) is 70.4 Å². The number of halogens is 1. The van der Waals surface area contributed by atoms with Crippen LogP contribution in [0.2, 0.25) is 0 Å². The Morgan fingerprint density at radius 3 is 1.76 bits per heavy atom. The van der Waals surface area contributed by atoms with Gasteiger partial charge in [-0.3, -0.25) is 9.59 Å². The molecule has 0 saturated carbocycles. The number of alkyl halides is 1. The topological polar surface area (TPSA) is 43.4 Å². The maximum Gasteiger partial charge on any atom is 0.314 e. The van der Waals surface area contributed by atoms with Crippen LogP contribution in [0.1, 0.15) is 103 Å². The Kier molecular flexibility index (Phi) is 18.8. The monoisotopic (exact) mass is 372 g/mol. The van der Waals surface area contributed by atoms with Gasteiger partial charge in [0.15, 0.2) is 0 Å². The lowest BCUT2D eigenvalue weighted by molar-refractivity contribution is -0.159. The second kappa shape index (κ2) is 19.5. The molecule has 146 valence electrons. The van der Waals surface area contributed by atoms with E-state index in [9.17, 15) is 9.59 Å². The molecule has 0 aromatic carbocycles. The number of unbranched alkanes of at least 4 members (excludes halogenated alkanes) is 11. The predicted molar refractivity (Wildman–Crippen MR) is 106 cm³/mol. The zero-order chi connectivity index (χ0) is 18.6. The van der Waals surface area contributed by atoms with Crippen LogP contribution in [0.5, 0.6) is 0 Å². The maximum atomic E-state index is 11.4. The molecule has 0 bridgehead atoms. The molecule has 0 amide bonds. The van der Waals surface area contributed by atoms with Crippen LogP contribution >= 0.6 is 11.6 Å². The second-order valence-electron chi connectivity index (χ2n) is 6.62. The lowest BCUT2D eigenvalue weighted by atomic mass is 10.1. The molecule has 0 radical (unpaired) electrons. The summed E-state index contributed by atoms with van der Waals surface area (Å²) in [6.45, 7) is 2.25. The van der Waals surface area contributed by atoms with Crippen LogP contribution in [0, 0.1) is 0 Å². The number of carbonyl (C=O) groups is 2. The molecule has 0 fully saturated rings. The molecule has 4 heteroatoms. The van der Waals surface area contributed by atoms with Gasteiger partial charge in [-0.05, 0) is 32.1 Å². The summed E-state index contributed by atoms with van der Waals surface area (Å²) in [4.78, 5) is 22.4. The van der Waals surface area contributed by atoms with Gasteiger partial charge < -0.3 is 4.74 Å². The molecule has 0 aromatic heterocycles. The number of hydrogen-bond donors (Lipinski definition) is 0. The van der Waals surface area contributed by atoms with Gasteiger partial charge in [-0.15, -0.1) is 11.6 Å². The molecule has 0 spiro atoms. The van der Waals surface area contributed by atoms with E-state index in [4.69, 9.17) is 11.6 Å². The summed E-state index contributed by atoms with van der Waals surface area (Å²) >= 11 is 5.41. The molecule has 0 N–H and O–H groups in total. The highest BCUT2D eigenvalue weighted by molar-refractivity contribution is 6.18. The Labute approximate surface area is 159 Å². The van der Waals surface area contributed by atoms with E-state index in [0.29, 0.717) is 6.42 Å². The molecule has 0 unspecified atom stereocenters. The Morgan fingerprint density at radius 2 is 1.20 bits per heavy atom. The highest BCUT2D eigenvalue weighted by Crippen LogP contribution is 2.10. The van der Waals surface area contributed by atoms with Crippen LogP contribution < -0.4 is 0 Å². The first-order valence-corrected chi connectivity index (χ1v) is 10.7. The standard InChI is InChI=1S/C21H37ClO3/c1-2-3-4-5-6-7-8-9-10-11-12-13-14-15-16-17-20(23)25-21(24)18-19-22/h9-10H,2-8,11-19H2,1H3. The van der Waals surface area contributed by atoms with Gasteiger partial charge in [0.2, 0.25) is 0 Å². The summed E-state index contributed by atoms with van der Waals surface area (Å²) in [7, 11) is 0. The minimum Gasteiger partial charge on any atom is -0.393 e. The summed E-state index contributed by atoms with van der Waals surface area (Å²) < 4.78 is 4.64. The molecule has 3 nitrogen and oxygen atoms in total. The molecule has 0 heterocycles. The predicted octanol–water partition coefficient (Wildman–Crippen LogP) is 6.72. The third-order valence-corrected chi connectivity index (χ3v) is 4.36. The molecule has 0 rings (SSSR count). The molecule has 0 saturated heterocycles. The first-order chi connectivity index (χ1) is 12.2. The van der Waals surface area contributed by atoms with E-state index in [1.165, 1.54) is 57.8 Å². The van der Waals surface area contributed by atoms with E-state index in [-0.39, 0.29) is 12.3 Å². The minimum atomic E-state index is -0.521. The van der Waals surface area contributed by atoms with Crippen LogP contribution in [0.25, 0.3) is 0 Å². The van der Waals surface area contributed by atoms with E-state index in [1.807, 2.05) is 0 Å². The summed E-state index contributed by atoms with van der Waals surface area (Å²) in [6, 6.07) is 0. The highest BCUT2D eigenvalue weighted by Gasteiger charge is 2.08. The van der Waals surface area contributed by atoms with E-state index in [0.717, 1.165) is 25.7 Å². The number of hydrogen-bond acceptors (Lipinski definition) is 3. The number of rotatable bonds is 17. The molecule has 0 aromatic rings. The van der Waals surface area contributed by atoms with Crippen molar-refractivity contribution < 1.29 is 14.3 Å². The average molecular weight is 373 g/mol. The molecule has 0 aliphatic heterocycles. The van der Waals surface area contributed by atoms with Crippen molar-refractivity contribution in [2.24, 2.45) is 0 Å². The first kappa shape index (κ1) is 24.2. The van der Waals surface area contributed by atoms with Crippen LogP contribution in [0.4, 0.5) is 0 Å². The van der Waals surface area contributed by atoms with Crippen molar-refractivity contribution in [3.8, 4) is 0 Å². The van der Waals surface area contributed by atoms with E-state index in [1.54, 1.807) is 0 Å². The van der Waals surface area contributed by atoms with Crippen LogP contribution in [-0.4, -0.2) is 17.8 Å². The second-order valence-corrected chi connectivity index (χ2v) is 7.00. The number of ether oxygens (including phenoxy) is 1. The molecule has 0 aliphatic rings. The Balaban J connectivity index is 3.26. The average Bonchev–Trinajstić information content (AvgIpc) is 2.58. The molecule has 25 heavy (non-hydrogen) atoms. The number of allylic oxidation sites excluding steroid dienone is 2. The molecule has 0 atom stereocenters. The van der Waals surface area contributed by atoms with Gasteiger partial charge in [0.1, 0.15) is 0 Å². The van der Waals surface area contributed by atoms with Crippen molar-refractivity contribution in [3.05, 3.63) is 12.2 Å². The largest absolute Gasteiger partial charge is 0.393 e. The van der Waals surface area contributed by atoms with Crippen molar-refractivity contribution in [2.75, 3.05) is 5.88 Å². The van der Waals surface area contributed by atoms with Gasteiger partial charge in [-0.2, -0.15) is 0 Å². The lowest BCUT2D eigenvalue weighted by Gasteiger charge is -2.02. The smallest absolute Gasteiger partial charge is 0.314 e. The fourth-order valence-corrected chi connectivity index (χ4v) is 2.80. The SMILES string of the molecule is CCCCCCCCC=CCCCCCCCC(=O)OC(=O)CCCl. The van der Waals surface area contributed by atoms with Crippen molar-refractivity contribution in [1.29, 1.82) is 0 Å². The minimum absolute atomic E-state index is 0.0969. The Bertz CT molecular complexity index is 353. The normalized spacial score (nSPS) is 11.1. The lowest BCUT2D eigenvalue weighted by Crippen LogP contribution is -2.12. The Morgan fingerprint density at radius 1 is 0.720 bits per heavy atom. The zero-order valence-corrected chi connectivity index (χ0v) is 16.8. The molecular weight excluding hydrogens is 336 g/mol. The van der Waals surface area contributed by atoms with E-state index >= 15 is 0 Å². The van der Waals surface area contributed by atoms with Crippen molar-refractivity contribution in [2.45, 2.75) is 103 Å². The van der Waals surface area contributed by atoms with Gasteiger partial charge in [0.25, 0.3) is 0 Å². The number of carbonyl (C=O) groups excluding carboxylic acids is 2. The number of esters is 2. The van der Waals surface area contributed by atoms with Gasteiger partial charge in [0, 0.05) is 12.3 Å². The first-order valence-electron chi connectivity index (χ1n) is 10.1. The fourth-order valence-electron chi connectivity index (χ4n) is 2.65. The zero-order valence-electron chi connectivity index (χ0n) is 16.1. The van der Waals surface area contributed by atoms with Crippen LogP contribution in [0.3, 0.4) is 0 Å². The van der Waals surface area contributed by atoms with Crippen molar-refractivity contribution in [1.82, 2.24) is 0 Å². The maximum absolute atomic E-state index is 11.4. The fraction of sp³-hybridized carbons (Fsp3) is 0.810. The van der Waals surface area contributed by atoms with Gasteiger partial charge in [0.05, 0.1) is 6.42 Å².